The predicted octanol–water partition coefficient (Wildman–Crippen LogP) is 3.94. The maximum absolute atomic E-state index is 12.4. The lowest BCUT2D eigenvalue weighted by atomic mass is 9.99. The molecule has 1 unspecified atom stereocenters. The van der Waals surface area contributed by atoms with E-state index in [1.54, 1.807) is 0 Å². The van der Waals surface area contributed by atoms with Crippen molar-refractivity contribution in [2.45, 2.75) is 51.5 Å². The summed E-state index contributed by atoms with van der Waals surface area (Å²) in [5, 5.41) is 0. The van der Waals surface area contributed by atoms with Crippen LogP contribution in [0.15, 0.2) is 24.3 Å². The molecule has 0 saturated carbocycles. The van der Waals surface area contributed by atoms with Crippen LogP contribution in [0.4, 0.5) is 0 Å². The topological polar surface area (TPSA) is 20.3 Å². The highest BCUT2D eigenvalue weighted by Crippen LogP contribution is 2.21. The van der Waals surface area contributed by atoms with Crippen molar-refractivity contribution < 1.29 is 4.79 Å². The number of likely N-dealkylation sites (tertiary alicyclic amines) is 1. The largest absolute Gasteiger partial charge is 0.340 e. The maximum Gasteiger partial charge on any atom is 0.223 e. The van der Waals surface area contributed by atoms with Gasteiger partial charge in [0, 0.05) is 24.9 Å². The molecule has 1 amide bonds. The summed E-state index contributed by atoms with van der Waals surface area (Å²) in [5.74, 6) is 0.937. The molecule has 1 heterocycles. The number of piperidine rings is 1. The molecule has 0 radical (unpaired) electrons. The number of amides is 1. The van der Waals surface area contributed by atoms with Gasteiger partial charge >= 0.3 is 0 Å². The summed E-state index contributed by atoms with van der Waals surface area (Å²) in [7, 11) is 0. The molecular weight excluding hydrogens is 270 g/mol. The Labute approximate surface area is 127 Å². The Morgan fingerprint density at radius 3 is 2.75 bits per heavy atom. The summed E-state index contributed by atoms with van der Waals surface area (Å²) >= 11 is 5.85. The molecule has 1 aromatic carbocycles. The third kappa shape index (κ3) is 4.24. The number of carbonyl (C=O) groups excluding carboxylic acids is 1. The number of rotatable bonds is 5. The van der Waals surface area contributed by atoms with Gasteiger partial charge in [-0.15, -0.1) is 11.6 Å². The average Bonchev–Trinajstić information content (AvgIpc) is 2.47. The second-order valence-corrected chi connectivity index (χ2v) is 6.08. The molecule has 1 aliphatic rings. The normalized spacial score (nSPS) is 19.1. The fourth-order valence-electron chi connectivity index (χ4n) is 2.90. The second kappa shape index (κ2) is 7.68. The van der Waals surface area contributed by atoms with Gasteiger partial charge in [0.05, 0.1) is 0 Å². The molecule has 110 valence electrons. The van der Waals surface area contributed by atoms with Gasteiger partial charge in [0.1, 0.15) is 0 Å². The number of carbonyl (C=O) groups is 1. The zero-order valence-electron chi connectivity index (χ0n) is 12.3. The molecule has 3 heteroatoms. The highest BCUT2D eigenvalue weighted by Gasteiger charge is 2.25. The maximum atomic E-state index is 12.4. The summed E-state index contributed by atoms with van der Waals surface area (Å²) in [4.78, 5) is 14.5. The molecule has 20 heavy (non-hydrogen) atoms. The zero-order chi connectivity index (χ0) is 14.4. The van der Waals surface area contributed by atoms with E-state index >= 15 is 0 Å². The molecule has 2 nitrogen and oxygen atoms in total. The van der Waals surface area contributed by atoms with Crippen LogP contribution in [0.5, 0.6) is 0 Å². The van der Waals surface area contributed by atoms with Crippen LogP contribution >= 0.6 is 11.6 Å². The van der Waals surface area contributed by atoms with E-state index in [0.717, 1.165) is 32.2 Å². The molecule has 0 spiro atoms. The molecule has 0 bridgehead atoms. The Balaban J connectivity index is 1.88. The highest BCUT2D eigenvalue weighted by atomic mass is 35.5. The van der Waals surface area contributed by atoms with Gasteiger partial charge in [-0.2, -0.15) is 0 Å². The van der Waals surface area contributed by atoms with Crippen LogP contribution in [0.2, 0.25) is 0 Å². The first-order chi connectivity index (χ1) is 9.70. The number of halogens is 1. The van der Waals surface area contributed by atoms with Crippen LogP contribution in [0.1, 0.15) is 43.2 Å². The summed E-state index contributed by atoms with van der Waals surface area (Å²) in [5.41, 5.74) is 2.51. The molecule has 1 atom stereocenters. The van der Waals surface area contributed by atoms with Crippen molar-refractivity contribution in [3.63, 3.8) is 0 Å². The van der Waals surface area contributed by atoms with Crippen LogP contribution in [0.25, 0.3) is 0 Å². The van der Waals surface area contributed by atoms with Crippen LogP contribution in [0.3, 0.4) is 0 Å². The standard InChI is InChI=1S/C17H24ClNO/c1-14-5-7-15(8-6-14)9-10-17(20)19-13-3-2-4-16(19)11-12-18/h5-8,16H,2-4,9-13H2,1H3. The third-order valence-electron chi connectivity index (χ3n) is 4.14. The summed E-state index contributed by atoms with van der Waals surface area (Å²) in [6.07, 6.45) is 5.85. The van der Waals surface area contributed by atoms with Crippen molar-refractivity contribution in [1.82, 2.24) is 4.90 Å². The van der Waals surface area contributed by atoms with Crippen molar-refractivity contribution in [3.05, 3.63) is 35.4 Å². The molecule has 0 aromatic heterocycles. The van der Waals surface area contributed by atoms with Gasteiger partial charge in [-0.3, -0.25) is 4.79 Å². The fourth-order valence-corrected chi connectivity index (χ4v) is 3.16. The van der Waals surface area contributed by atoms with E-state index in [1.807, 2.05) is 0 Å². The van der Waals surface area contributed by atoms with E-state index in [-0.39, 0.29) is 0 Å². The summed E-state index contributed by atoms with van der Waals surface area (Å²) in [6, 6.07) is 8.82. The minimum absolute atomic E-state index is 0.292. The fraction of sp³-hybridized carbons (Fsp3) is 0.588. The van der Waals surface area contributed by atoms with Gasteiger partial charge in [0.15, 0.2) is 0 Å². The van der Waals surface area contributed by atoms with Crippen molar-refractivity contribution in [1.29, 1.82) is 0 Å². The number of hydrogen-bond donors (Lipinski definition) is 0. The minimum Gasteiger partial charge on any atom is -0.340 e. The van der Waals surface area contributed by atoms with E-state index < -0.39 is 0 Å². The minimum atomic E-state index is 0.292. The molecule has 0 N–H and O–H groups in total. The van der Waals surface area contributed by atoms with Gasteiger partial charge in [-0.05, 0) is 44.6 Å². The van der Waals surface area contributed by atoms with Gasteiger partial charge < -0.3 is 4.90 Å². The molecule has 1 saturated heterocycles. The van der Waals surface area contributed by atoms with Crippen molar-refractivity contribution in [3.8, 4) is 0 Å². The molecule has 0 aliphatic carbocycles. The lowest BCUT2D eigenvalue weighted by Crippen LogP contribution is -2.44. The van der Waals surface area contributed by atoms with Gasteiger partial charge in [0.25, 0.3) is 0 Å². The first kappa shape index (κ1) is 15.4. The number of benzene rings is 1. The number of aryl methyl sites for hydroxylation is 2. The number of nitrogens with zero attached hydrogens (tertiary/aromatic N) is 1. The molecule has 1 aromatic rings. The van der Waals surface area contributed by atoms with E-state index in [0.29, 0.717) is 24.2 Å². The Morgan fingerprint density at radius 2 is 2.05 bits per heavy atom. The quantitative estimate of drug-likeness (QED) is 0.753. The molecule has 2 rings (SSSR count). The van der Waals surface area contributed by atoms with E-state index in [1.165, 1.54) is 17.5 Å². The number of hydrogen-bond acceptors (Lipinski definition) is 1. The first-order valence-corrected chi connectivity index (χ1v) is 8.15. The van der Waals surface area contributed by atoms with Crippen molar-refractivity contribution in [2.24, 2.45) is 0 Å². The summed E-state index contributed by atoms with van der Waals surface area (Å²) in [6.45, 7) is 2.99. The van der Waals surface area contributed by atoms with Crippen LogP contribution in [-0.2, 0) is 11.2 Å². The Morgan fingerprint density at radius 1 is 1.30 bits per heavy atom. The number of alkyl halides is 1. The van der Waals surface area contributed by atoms with E-state index in [9.17, 15) is 4.79 Å². The average molecular weight is 294 g/mol. The molecule has 1 aliphatic heterocycles. The SMILES string of the molecule is Cc1ccc(CCC(=O)N2CCCCC2CCCl)cc1. The van der Waals surface area contributed by atoms with Gasteiger partial charge in [0.2, 0.25) is 5.91 Å². The lowest BCUT2D eigenvalue weighted by molar-refractivity contribution is -0.134. The lowest BCUT2D eigenvalue weighted by Gasteiger charge is -2.35. The molecular formula is C17H24ClNO. The smallest absolute Gasteiger partial charge is 0.223 e. The van der Waals surface area contributed by atoms with Crippen LogP contribution in [0, 0.1) is 6.92 Å². The van der Waals surface area contributed by atoms with Gasteiger partial charge in [-0.25, -0.2) is 0 Å². The van der Waals surface area contributed by atoms with Crippen molar-refractivity contribution in [2.75, 3.05) is 12.4 Å². The predicted molar refractivity (Wildman–Crippen MR) is 84.2 cm³/mol. The van der Waals surface area contributed by atoms with Crippen LogP contribution in [-0.4, -0.2) is 29.3 Å². The Kier molecular flexibility index (Phi) is 5.90. The van der Waals surface area contributed by atoms with E-state index in [4.69, 9.17) is 11.6 Å². The van der Waals surface area contributed by atoms with E-state index in [2.05, 4.69) is 36.1 Å². The molecule has 1 fully saturated rings. The van der Waals surface area contributed by atoms with Crippen molar-refractivity contribution >= 4 is 17.5 Å². The van der Waals surface area contributed by atoms with Gasteiger partial charge in [-0.1, -0.05) is 29.8 Å². The first-order valence-electron chi connectivity index (χ1n) is 7.61. The second-order valence-electron chi connectivity index (χ2n) is 5.70. The third-order valence-corrected chi connectivity index (χ3v) is 4.36. The monoisotopic (exact) mass is 293 g/mol. The zero-order valence-corrected chi connectivity index (χ0v) is 13.0. The Hall–Kier alpha value is -1.02. The Bertz CT molecular complexity index is 427. The highest BCUT2D eigenvalue weighted by molar-refractivity contribution is 6.17. The van der Waals surface area contributed by atoms with Crippen LogP contribution < -0.4 is 0 Å². The summed E-state index contributed by atoms with van der Waals surface area (Å²) < 4.78 is 0.